The summed E-state index contributed by atoms with van der Waals surface area (Å²) in [4.78, 5) is 11.1. The average Bonchev–Trinajstić information content (AvgIpc) is 3.31. The van der Waals surface area contributed by atoms with Gasteiger partial charge in [0, 0.05) is 12.5 Å². The van der Waals surface area contributed by atoms with Gasteiger partial charge in [-0.25, -0.2) is 0 Å². The fraction of sp³-hybridized carbons (Fsp3) is 0.588. The van der Waals surface area contributed by atoms with E-state index in [1.165, 1.54) is 36.8 Å². The van der Waals surface area contributed by atoms with Gasteiger partial charge >= 0.3 is 5.97 Å². The molecule has 3 nitrogen and oxygen atoms in total. The van der Waals surface area contributed by atoms with Gasteiger partial charge in [0.15, 0.2) is 0 Å². The quantitative estimate of drug-likeness (QED) is 0.829. The second-order valence-corrected chi connectivity index (χ2v) is 6.38. The second kappa shape index (κ2) is 5.21. The third-order valence-electron chi connectivity index (χ3n) is 4.79. The summed E-state index contributed by atoms with van der Waals surface area (Å²) in [5, 5.41) is 9.13. The van der Waals surface area contributed by atoms with Crippen molar-refractivity contribution in [2.45, 2.75) is 43.4 Å². The van der Waals surface area contributed by atoms with E-state index in [4.69, 9.17) is 9.84 Å². The highest BCUT2D eigenvalue weighted by atomic mass is 16.5. The molecule has 1 aromatic carbocycles. The van der Waals surface area contributed by atoms with Gasteiger partial charge in [-0.15, -0.1) is 0 Å². The van der Waals surface area contributed by atoms with Crippen molar-refractivity contribution >= 4 is 5.97 Å². The summed E-state index contributed by atoms with van der Waals surface area (Å²) in [6.07, 6.45) is 4.96. The SMILES string of the molecule is COCC1(c2cccc(C(CC(=O)O)C3CC3)c2)CC1. The first-order valence-electron chi connectivity index (χ1n) is 7.46. The van der Waals surface area contributed by atoms with Gasteiger partial charge in [-0.1, -0.05) is 24.3 Å². The van der Waals surface area contributed by atoms with Crippen LogP contribution in [0.4, 0.5) is 0 Å². The van der Waals surface area contributed by atoms with Gasteiger partial charge in [0.2, 0.25) is 0 Å². The minimum atomic E-state index is -0.690. The average molecular weight is 274 g/mol. The Labute approximate surface area is 120 Å². The van der Waals surface area contributed by atoms with Gasteiger partial charge in [-0.3, -0.25) is 4.79 Å². The maximum absolute atomic E-state index is 11.1. The van der Waals surface area contributed by atoms with E-state index in [0.29, 0.717) is 5.92 Å². The third kappa shape index (κ3) is 2.73. The van der Waals surface area contributed by atoms with Crippen molar-refractivity contribution < 1.29 is 14.6 Å². The fourth-order valence-electron chi connectivity index (χ4n) is 3.29. The van der Waals surface area contributed by atoms with E-state index >= 15 is 0 Å². The second-order valence-electron chi connectivity index (χ2n) is 6.38. The van der Waals surface area contributed by atoms with E-state index in [2.05, 4.69) is 24.3 Å². The van der Waals surface area contributed by atoms with Crippen LogP contribution in [0.2, 0.25) is 0 Å². The number of benzene rings is 1. The van der Waals surface area contributed by atoms with Crippen molar-refractivity contribution in [3.05, 3.63) is 35.4 Å². The van der Waals surface area contributed by atoms with Crippen LogP contribution in [0.25, 0.3) is 0 Å². The van der Waals surface area contributed by atoms with Crippen molar-refractivity contribution in [3.63, 3.8) is 0 Å². The number of rotatable bonds is 7. The molecule has 2 aliphatic rings. The lowest BCUT2D eigenvalue weighted by Crippen LogP contribution is -2.15. The molecule has 1 N–H and O–H groups in total. The molecule has 0 heterocycles. The summed E-state index contributed by atoms with van der Waals surface area (Å²) < 4.78 is 5.35. The van der Waals surface area contributed by atoms with Crippen LogP contribution in [0.15, 0.2) is 24.3 Å². The molecule has 3 rings (SSSR count). The summed E-state index contributed by atoms with van der Waals surface area (Å²) in [6, 6.07) is 8.58. The largest absolute Gasteiger partial charge is 0.481 e. The summed E-state index contributed by atoms with van der Waals surface area (Å²) in [5.74, 6) is 0.0649. The Morgan fingerprint density at radius 1 is 1.45 bits per heavy atom. The maximum Gasteiger partial charge on any atom is 0.303 e. The zero-order valence-corrected chi connectivity index (χ0v) is 12.0. The molecule has 2 aliphatic carbocycles. The standard InChI is InChI=1S/C17H22O3/c1-20-11-17(7-8-17)14-4-2-3-13(9-14)15(10-16(18)19)12-5-6-12/h2-4,9,12,15H,5-8,10-11H2,1H3,(H,18,19). The van der Waals surface area contributed by atoms with Crippen molar-refractivity contribution in [1.29, 1.82) is 0 Å². The van der Waals surface area contributed by atoms with Crippen LogP contribution in [0.5, 0.6) is 0 Å². The fourth-order valence-corrected chi connectivity index (χ4v) is 3.29. The van der Waals surface area contributed by atoms with Crippen molar-refractivity contribution in [1.82, 2.24) is 0 Å². The first-order chi connectivity index (χ1) is 9.64. The first-order valence-corrected chi connectivity index (χ1v) is 7.46. The molecule has 0 amide bonds. The van der Waals surface area contributed by atoms with E-state index in [9.17, 15) is 4.79 Å². The molecular weight excluding hydrogens is 252 g/mol. The number of hydrogen-bond acceptors (Lipinski definition) is 2. The van der Waals surface area contributed by atoms with Crippen LogP contribution in [0, 0.1) is 5.92 Å². The van der Waals surface area contributed by atoms with Crippen LogP contribution in [-0.4, -0.2) is 24.8 Å². The lowest BCUT2D eigenvalue weighted by atomic mass is 9.87. The number of methoxy groups -OCH3 is 1. The molecule has 1 aromatic rings. The van der Waals surface area contributed by atoms with Crippen LogP contribution >= 0.6 is 0 Å². The molecule has 0 saturated heterocycles. The van der Waals surface area contributed by atoms with E-state index in [0.717, 1.165) is 6.61 Å². The molecule has 0 bridgehead atoms. The molecule has 0 aromatic heterocycles. The zero-order chi connectivity index (χ0) is 14.2. The molecule has 0 radical (unpaired) electrons. The summed E-state index contributed by atoms with van der Waals surface area (Å²) >= 11 is 0. The van der Waals surface area contributed by atoms with E-state index < -0.39 is 5.97 Å². The van der Waals surface area contributed by atoms with Gasteiger partial charge in [0.25, 0.3) is 0 Å². The molecule has 0 spiro atoms. The Balaban J connectivity index is 1.84. The minimum absolute atomic E-state index is 0.186. The Kier molecular flexibility index (Phi) is 3.55. The molecule has 20 heavy (non-hydrogen) atoms. The maximum atomic E-state index is 11.1. The lowest BCUT2D eigenvalue weighted by molar-refractivity contribution is -0.137. The van der Waals surface area contributed by atoms with Gasteiger partial charge in [0.1, 0.15) is 0 Å². The Morgan fingerprint density at radius 2 is 2.20 bits per heavy atom. The van der Waals surface area contributed by atoms with Gasteiger partial charge in [0.05, 0.1) is 13.0 Å². The predicted octanol–water partition coefficient (Wildman–Crippen LogP) is 3.33. The molecule has 1 unspecified atom stereocenters. The van der Waals surface area contributed by atoms with E-state index in [-0.39, 0.29) is 17.8 Å². The number of ether oxygens (including phenoxy) is 1. The third-order valence-corrected chi connectivity index (χ3v) is 4.79. The monoisotopic (exact) mass is 274 g/mol. The summed E-state index contributed by atoms with van der Waals surface area (Å²) in [6.45, 7) is 0.767. The normalized spacial score (nSPS) is 21.4. The predicted molar refractivity (Wildman–Crippen MR) is 76.9 cm³/mol. The molecule has 2 saturated carbocycles. The van der Waals surface area contributed by atoms with E-state index in [1.54, 1.807) is 7.11 Å². The molecular formula is C17H22O3. The van der Waals surface area contributed by atoms with Crippen LogP contribution in [0.3, 0.4) is 0 Å². The van der Waals surface area contributed by atoms with Gasteiger partial charge in [-0.2, -0.15) is 0 Å². The lowest BCUT2D eigenvalue weighted by Gasteiger charge is -2.19. The van der Waals surface area contributed by atoms with Crippen LogP contribution in [-0.2, 0) is 14.9 Å². The van der Waals surface area contributed by atoms with Crippen LogP contribution in [0.1, 0.15) is 49.1 Å². The van der Waals surface area contributed by atoms with Gasteiger partial charge in [-0.05, 0) is 48.6 Å². The highest BCUT2D eigenvalue weighted by Gasteiger charge is 2.44. The summed E-state index contributed by atoms with van der Waals surface area (Å²) in [5.41, 5.74) is 2.73. The highest BCUT2D eigenvalue weighted by molar-refractivity contribution is 5.68. The highest BCUT2D eigenvalue weighted by Crippen LogP contribution is 2.50. The first kappa shape index (κ1) is 13.6. The minimum Gasteiger partial charge on any atom is -0.481 e. The zero-order valence-electron chi connectivity index (χ0n) is 12.0. The van der Waals surface area contributed by atoms with Crippen LogP contribution < -0.4 is 0 Å². The number of hydrogen-bond donors (Lipinski definition) is 1. The number of carboxylic acids is 1. The number of carboxylic acid groups (broad SMARTS) is 1. The van der Waals surface area contributed by atoms with Gasteiger partial charge < -0.3 is 9.84 Å². The Hall–Kier alpha value is -1.35. The van der Waals surface area contributed by atoms with Crippen molar-refractivity contribution in [2.24, 2.45) is 5.92 Å². The molecule has 108 valence electrons. The van der Waals surface area contributed by atoms with Crippen molar-refractivity contribution in [3.8, 4) is 0 Å². The van der Waals surface area contributed by atoms with E-state index in [1.807, 2.05) is 0 Å². The topological polar surface area (TPSA) is 46.5 Å². The van der Waals surface area contributed by atoms with Crippen molar-refractivity contribution in [2.75, 3.05) is 13.7 Å². The Bertz CT molecular complexity index is 501. The molecule has 0 aliphatic heterocycles. The Morgan fingerprint density at radius 3 is 2.75 bits per heavy atom. The molecule has 2 fully saturated rings. The number of carbonyl (C=O) groups is 1. The molecule has 1 atom stereocenters. The molecule has 3 heteroatoms. The summed E-state index contributed by atoms with van der Waals surface area (Å²) in [7, 11) is 1.75. The number of aliphatic carboxylic acids is 1. The smallest absolute Gasteiger partial charge is 0.303 e.